The number of para-hydroxylation sites is 1. The number of fused-ring (bicyclic) bond motifs is 1. The van der Waals surface area contributed by atoms with E-state index in [1.165, 1.54) is 11.0 Å². The van der Waals surface area contributed by atoms with Gasteiger partial charge in [0, 0.05) is 24.2 Å². The summed E-state index contributed by atoms with van der Waals surface area (Å²) in [5, 5.41) is 12.6. The third-order valence-electron chi connectivity index (χ3n) is 5.74. The molecular weight excluding hydrogens is 384 g/mol. The minimum Gasteiger partial charge on any atom is -0.872 e. The van der Waals surface area contributed by atoms with Crippen molar-refractivity contribution in [2.24, 2.45) is 0 Å². The van der Waals surface area contributed by atoms with Gasteiger partial charge in [-0.05, 0) is 25.3 Å². The smallest absolute Gasteiger partial charge is 0.231 e. The molecule has 2 heterocycles. The van der Waals surface area contributed by atoms with Crippen molar-refractivity contribution in [3.8, 4) is 23.0 Å². The Kier molecular flexibility index (Phi) is 5.65. The fraction of sp³-hybridized carbons (Fsp3) is 0.348. The van der Waals surface area contributed by atoms with Crippen molar-refractivity contribution < 1.29 is 29.0 Å². The van der Waals surface area contributed by atoms with Gasteiger partial charge in [-0.15, -0.1) is 0 Å². The van der Waals surface area contributed by atoms with Crippen LogP contribution in [0.25, 0.3) is 6.08 Å². The van der Waals surface area contributed by atoms with Gasteiger partial charge in [0.1, 0.15) is 12.3 Å². The molecule has 0 spiro atoms. The van der Waals surface area contributed by atoms with Crippen LogP contribution in [0.15, 0.2) is 36.1 Å². The van der Waals surface area contributed by atoms with E-state index in [0.717, 1.165) is 26.2 Å². The van der Waals surface area contributed by atoms with Crippen molar-refractivity contribution in [1.82, 2.24) is 4.90 Å². The quantitative estimate of drug-likeness (QED) is 0.733. The molecule has 2 aromatic rings. The predicted octanol–water partition coefficient (Wildman–Crippen LogP) is 0.724. The number of ketones is 1. The largest absolute Gasteiger partial charge is 0.872 e. The molecule has 0 radical (unpaired) electrons. The van der Waals surface area contributed by atoms with Gasteiger partial charge >= 0.3 is 0 Å². The van der Waals surface area contributed by atoms with Crippen molar-refractivity contribution in [3.05, 3.63) is 52.8 Å². The molecule has 30 heavy (non-hydrogen) atoms. The molecule has 158 valence electrons. The lowest BCUT2D eigenvalue weighted by molar-refractivity contribution is -0.918. The lowest BCUT2D eigenvalue weighted by Gasteiger charge is -2.30. The summed E-state index contributed by atoms with van der Waals surface area (Å²) < 4.78 is 16.7. The SMILES string of the molecule is COc1cccc(/C=C2\Oc3c(ccc([O-])c3C[NH+]3CCN(C)CC3)C2=O)c1OC. The van der Waals surface area contributed by atoms with Crippen LogP contribution in [0.1, 0.15) is 21.5 Å². The number of Topliss-reactive ketones (excluding diaryl/α,β-unsaturated/α-hetero) is 1. The van der Waals surface area contributed by atoms with Crippen LogP contribution in [-0.4, -0.2) is 58.1 Å². The summed E-state index contributed by atoms with van der Waals surface area (Å²) in [7, 11) is 5.21. The maximum atomic E-state index is 13.0. The van der Waals surface area contributed by atoms with Crippen LogP contribution in [0, 0.1) is 0 Å². The molecule has 4 rings (SSSR count). The van der Waals surface area contributed by atoms with Crippen molar-refractivity contribution in [2.45, 2.75) is 6.54 Å². The summed E-state index contributed by atoms with van der Waals surface area (Å²) >= 11 is 0. The number of piperazine rings is 1. The molecule has 2 aromatic carbocycles. The number of benzene rings is 2. The van der Waals surface area contributed by atoms with Crippen LogP contribution in [0.5, 0.6) is 23.0 Å². The lowest BCUT2D eigenvalue weighted by Crippen LogP contribution is -3.13. The van der Waals surface area contributed by atoms with Gasteiger partial charge in [0.25, 0.3) is 0 Å². The van der Waals surface area contributed by atoms with Gasteiger partial charge < -0.3 is 24.2 Å². The Morgan fingerprint density at radius 1 is 1.17 bits per heavy atom. The third kappa shape index (κ3) is 3.74. The average molecular weight is 410 g/mol. The zero-order valence-corrected chi connectivity index (χ0v) is 17.5. The second-order valence-electron chi connectivity index (χ2n) is 7.67. The summed E-state index contributed by atoms with van der Waals surface area (Å²) in [4.78, 5) is 16.6. The van der Waals surface area contributed by atoms with Crippen molar-refractivity contribution in [2.75, 3.05) is 47.4 Å². The lowest BCUT2D eigenvalue weighted by atomic mass is 10.0. The van der Waals surface area contributed by atoms with Crippen LogP contribution in [-0.2, 0) is 6.54 Å². The maximum Gasteiger partial charge on any atom is 0.231 e. The highest BCUT2D eigenvalue weighted by Crippen LogP contribution is 2.39. The van der Waals surface area contributed by atoms with Gasteiger partial charge in [0.05, 0.1) is 32.9 Å². The minimum absolute atomic E-state index is 0.0896. The van der Waals surface area contributed by atoms with Gasteiger partial charge in [-0.1, -0.05) is 23.9 Å². The Morgan fingerprint density at radius 3 is 2.63 bits per heavy atom. The van der Waals surface area contributed by atoms with E-state index in [1.807, 2.05) is 12.1 Å². The number of hydrogen-bond donors (Lipinski definition) is 1. The molecule has 1 N–H and O–H groups in total. The van der Waals surface area contributed by atoms with Crippen LogP contribution < -0.4 is 24.2 Å². The number of nitrogens with one attached hydrogen (secondary N) is 1. The first-order valence-electron chi connectivity index (χ1n) is 10.0. The van der Waals surface area contributed by atoms with Crippen LogP contribution in [0.3, 0.4) is 0 Å². The molecule has 2 aliphatic heterocycles. The normalized spacial score (nSPS) is 18.4. The Hall–Kier alpha value is -3.03. The van der Waals surface area contributed by atoms with Gasteiger partial charge in [-0.25, -0.2) is 0 Å². The zero-order valence-electron chi connectivity index (χ0n) is 17.5. The number of hydrogen-bond acceptors (Lipinski definition) is 6. The fourth-order valence-corrected chi connectivity index (χ4v) is 3.98. The van der Waals surface area contributed by atoms with Crippen molar-refractivity contribution >= 4 is 11.9 Å². The fourth-order valence-electron chi connectivity index (χ4n) is 3.98. The zero-order chi connectivity index (χ0) is 21.3. The highest BCUT2D eigenvalue weighted by Gasteiger charge is 2.32. The standard InChI is InChI=1S/C23H26N2O5/c1-24-9-11-25(12-10-24)14-17-18(26)8-7-16-21(27)20(30-23(16)17)13-15-5-4-6-19(28-2)22(15)29-3/h4-8,13,26H,9-12,14H2,1-3H3/b20-13-. The molecule has 0 saturated carbocycles. The summed E-state index contributed by atoms with van der Waals surface area (Å²) in [5.41, 5.74) is 1.68. The number of allylic oxidation sites excluding steroid dienone is 1. The van der Waals surface area contributed by atoms with Crippen molar-refractivity contribution in [1.29, 1.82) is 0 Å². The van der Waals surface area contributed by atoms with E-state index in [0.29, 0.717) is 40.5 Å². The Bertz CT molecular complexity index is 993. The molecule has 0 bridgehead atoms. The molecule has 7 nitrogen and oxygen atoms in total. The first kappa shape index (κ1) is 20.3. The van der Waals surface area contributed by atoms with Gasteiger partial charge in [0.15, 0.2) is 17.3 Å². The molecule has 0 atom stereocenters. The third-order valence-corrected chi connectivity index (χ3v) is 5.74. The van der Waals surface area contributed by atoms with Gasteiger partial charge in [0.2, 0.25) is 5.78 Å². The minimum atomic E-state index is -0.232. The predicted molar refractivity (Wildman–Crippen MR) is 110 cm³/mol. The number of ether oxygens (including phenoxy) is 3. The van der Waals surface area contributed by atoms with Crippen LogP contribution in [0.4, 0.5) is 0 Å². The first-order chi connectivity index (χ1) is 14.5. The highest BCUT2D eigenvalue weighted by atomic mass is 16.5. The van der Waals surface area contributed by atoms with Crippen LogP contribution in [0.2, 0.25) is 0 Å². The number of methoxy groups -OCH3 is 2. The summed E-state index contributed by atoms with van der Waals surface area (Å²) in [6.45, 7) is 4.44. The molecule has 1 fully saturated rings. The number of likely N-dealkylation sites (N-methyl/N-ethyl adjacent to an activating group) is 1. The summed E-state index contributed by atoms with van der Waals surface area (Å²) in [6, 6.07) is 8.46. The molecule has 0 aliphatic carbocycles. The van der Waals surface area contributed by atoms with E-state index < -0.39 is 0 Å². The second kappa shape index (κ2) is 8.38. The number of quaternary nitrogens is 1. The van der Waals surface area contributed by atoms with E-state index in [-0.39, 0.29) is 17.3 Å². The van der Waals surface area contributed by atoms with E-state index >= 15 is 0 Å². The number of carbonyl (C=O) groups is 1. The average Bonchev–Trinajstić information content (AvgIpc) is 3.07. The van der Waals surface area contributed by atoms with Gasteiger partial charge in [-0.2, -0.15) is 0 Å². The molecule has 0 unspecified atom stereocenters. The van der Waals surface area contributed by atoms with Crippen LogP contribution >= 0.6 is 0 Å². The molecule has 0 amide bonds. The van der Waals surface area contributed by atoms with E-state index in [4.69, 9.17) is 14.2 Å². The maximum absolute atomic E-state index is 13.0. The highest BCUT2D eigenvalue weighted by molar-refractivity contribution is 6.15. The first-order valence-corrected chi connectivity index (χ1v) is 10.0. The molecular formula is C23H26N2O5. The van der Waals surface area contributed by atoms with Gasteiger partial charge in [-0.3, -0.25) is 9.69 Å². The monoisotopic (exact) mass is 410 g/mol. The number of rotatable bonds is 5. The van der Waals surface area contributed by atoms with E-state index in [2.05, 4.69) is 11.9 Å². The van der Waals surface area contributed by atoms with Crippen molar-refractivity contribution in [3.63, 3.8) is 0 Å². The molecule has 0 aromatic heterocycles. The molecule has 2 aliphatic rings. The van der Waals surface area contributed by atoms with E-state index in [9.17, 15) is 9.90 Å². The Labute approximate surface area is 176 Å². The Balaban J connectivity index is 1.66. The molecule has 1 saturated heterocycles. The summed E-state index contributed by atoms with van der Waals surface area (Å²) in [6.07, 6.45) is 1.64. The number of nitrogens with zero attached hydrogens (tertiary/aromatic N) is 1. The molecule has 7 heteroatoms. The second-order valence-corrected chi connectivity index (χ2v) is 7.67. The number of carbonyl (C=O) groups excluding carboxylic acids is 1. The summed E-state index contributed by atoms with van der Waals surface area (Å²) in [5.74, 6) is 1.34. The Morgan fingerprint density at radius 2 is 1.93 bits per heavy atom. The van der Waals surface area contributed by atoms with E-state index in [1.54, 1.807) is 32.4 Å². The topological polar surface area (TPSA) is 75.5 Å².